The van der Waals surface area contributed by atoms with Crippen LogP contribution in [0.25, 0.3) is 17.3 Å². The number of hydrogen-bond donors (Lipinski definition) is 3. The minimum absolute atomic E-state index is 0.189. The molecule has 28 heavy (non-hydrogen) atoms. The lowest BCUT2D eigenvalue weighted by atomic mass is 10.1. The summed E-state index contributed by atoms with van der Waals surface area (Å²) in [4.78, 5) is 24.1. The smallest absolute Gasteiger partial charge is 0.287 e. The van der Waals surface area contributed by atoms with Crippen molar-refractivity contribution >= 4 is 17.9 Å². The summed E-state index contributed by atoms with van der Waals surface area (Å²) in [5, 5.41) is 6.76. The normalized spacial score (nSPS) is 12.1. The van der Waals surface area contributed by atoms with E-state index < -0.39 is 11.8 Å². The summed E-state index contributed by atoms with van der Waals surface area (Å²) in [5.74, 6) is 0.320. The van der Waals surface area contributed by atoms with Gasteiger partial charge in [0.25, 0.3) is 11.8 Å². The Labute approximate surface area is 160 Å². The second kappa shape index (κ2) is 7.67. The molecule has 0 bridgehead atoms. The summed E-state index contributed by atoms with van der Waals surface area (Å²) >= 11 is 0. The lowest BCUT2D eigenvalue weighted by Gasteiger charge is -2.03. The molecule has 0 spiro atoms. The van der Waals surface area contributed by atoms with E-state index in [0.29, 0.717) is 17.2 Å². The Kier molecular flexibility index (Phi) is 4.75. The molecule has 0 saturated carbocycles. The number of aromatic nitrogens is 2. The van der Waals surface area contributed by atoms with Gasteiger partial charge in [-0.05, 0) is 29.8 Å². The molecule has 1 aliphatic rings. The number of nitrogens with one attached hydrogen (secondary N) is 3. The van der Waals surface area contributed by atoms with E-state index in [-0.39, 0.29) is 12.5 Å². The van der Waals surface area contributed by atoms with Gasteiger partial charge in [0.15, 0.2) is 11.5 Å². The molecule has 0 fully saturated rings. The third-order valence-electron chi connectivity index (χ3n) is 4.02. The number of carbonyl (C=O) groups is 2. The van der Waals surface area contributed by atoms with E-state index in [1.54, 1.807) is 30.3 Å². The first-order chi connectivity index (χ1) is 13.7. The van der Waals surface area contributed by atoms with Crippen molar-refractivity contribution in [1.29, 1.82) is 0 Å². The van der Waals surface area contributed by atoms with E-state index in [2.05, 4.69) is 21.0 Å². The zero-order valence-electron chi connectivity index (χ0n) is 14.6. The summed E-state index contributed by atoms with van der Waals surface area (Å²) in [5.41, 5.74) is 7.19. The molecular weight excluding hydrogens is 360 g/mol. The highest BCUT2D eigenvalue weighted by Gasteiger charge is 2.13. The maximum atomic E-state index is 12.1. The number of aromatic amines is 1. The summed E-state index contributed by atoms with van der Waals surface area (Å²) in [6, 6.07) is 16.4. The molecule has 1 aromatic heterocycles. The highest BCUT2D eigenvalue weighted by Crippen LogP contribution is 2.32. The molecule has 140 valence electrons. The molecule has 2 heterocycles. The number of ether oxygens (including phenoxy) is 2. The van der Waals surface area contributed by atoms with Crippen molar-refractivity contribution in [3.05, 3.63) is 71.9 Å². The van der Waals surface area contributed by atoms with Crippen LogP contribution in [0.5, 0.6) is 11.5 Å². The first-order valence-electron chi connectivity index (χ1n) is 8.48. The number of hydrazine groups is 1. The summed E-state index contributed by atoms with van der Waals surface area (Å²) in [7, 11) is 0. The Morgan fingerprint density at radius 1 is 1.00 bits per heavy atom. The molecule has 0 saturated heterocycles. The molecule has 2 aromatic carbocycles. The topological polar surface area (TPSA) is 105 Å². The van der Waals surface area contributed by atoms with Crippen LogP contribution >= 0.6 is 0 Å². The number of nitrogens with zero attached hydrogens (tertiary/aromatic N) is 1. The Balaban J connectivity index is 1.32. The third-order valence-corrected chi connectivity index (χ3v) is 4.02. The molecule has 0 unspecified atom stereocenters. The van der Waals surface area contributed by atoms with Gasteiger partial charge in [0.05, 0.1) is 5.69 Å². The van der Waals surface area contributed by atoms with Gasteiger partial charge in [-0.1, -0.05) is 36.4 Å². The maximum absolute atomic E-state index is 12.1. The maximum Gasteiger partial charge on any atom is 0.287 e. The van der Waals surface area contributed by atoms with Gasteiger partial charge in [-0.2, -0.15) is 5.10 Å². The van der Waals surface area contributed by atoms with Gasteiger partial charge in [-0.25, -0.2) is 0 Å². The van der Waals surface area contributed by atoms with Gasteiger partial charge in [0, 0.05) is 11.6 Å². The monoisotopic (exact) mass is 376 g/mol. The van der Waals surface area contributed by atoms with Crippen LogP contribution in [0.4, 0.5) is 0 Å². The molecule has 1 aliphatic heterocycles. The zero-order chi connectivity index (χ0) is 19.3. The molecule has 2 amide bonds. The number of hydrogen-bond acceptors (Lipinski definition) is 5. The standard InChI is InChI=1S/C20H16N4O4/c25-19(9-7-13-6-8-17-18(10-13)28-12-27-17)23-24-20(26)16-11-15(21-22-16)14-4-2-1-3-5-14/h1-11H,12H2,(H,21,22)(H,23,25)(H,24,26)/b9-7+. The number of amides is 2. The predicted octanol–water partition coefficient (Wildman–Crippen LogP) is 2.28. The van der Waals surface area contributed by atoms with E-state index in [9.17, 15) is 9.59 Å². The van der Waals surface area contributed by atoms with Gasteiger partial charge in [-0.3, -0.25) is 25.5 Å². The van der Waals surface area contributed by atoms with Crippen molar-refractivity contribution in [2.24, 2.45) is 0 Å². The number of rotatable bonds is 4. The van der Waals surface area contributed by atoms with Crippen molar-refractivity contribution < 1.29 is 19.1 Å². The third kappa shape index (κ3) is 3.85. The van der Waals surface area contributed by atoms with Crippen LogP contribution in [-0.2, 0) is 4.79 Å². The fourth-order valence-electron chi connectivity index (χ4n) is 2.61. The SMILES string of the molecule is O=C(/C=C/c1ccc2c(c1)OCO2)NNC(=O)c1cc(-c2ccccc2)n[nH]1. The van der Waals surface area contributed by atoms with Crippen LogP contribution in [0.2, 0.25) is 0 Å². The lowest BCUT2D eigenvalue weighted by Crippen LogP contribution is -2.40. The number of carbonyl (C=O) groups excluding carboxylic acids is 2. The van der Waals surface area contributed by atoms with Crippen molar-refractivity contribution in [2.45, 2.75) is 0 Å². The number of H-pyrrole nitrogens is 1. The zero-order valence-corrected chi connectivity index (χ0v) is 14.6. The Hall–Kier alpha value is -4.07. The van der Waals surface area contributed by atoms with E-state index in [1.165, 1.54) is 6.08 Å². The summed E-state index contributed by atoms with van der Waals surface area (Å²) in [6.07, 6.45) is 2.91. The Morgan fingerprint density at radius 2 is 1.82 bits per heavy atom. The van der Waals surface area contributed by atoms with E-state index in [0.717, 1.165) is 11.1 Å². The molecule has 3 N–H and O–H groups in total. The van der Waals surface area contributed by atoms with Gasteiger partial charge in [0.1, 0.15) is 5.69 Å². The van der Waals surface area contributed by atoms with Crippen LogP contribution in [0, 0.1) is 0 Å². The van der Waals surface area contributed by atoms with Crippen molar-refractivity contribution in [3.63, 3.8) is 0 Å². The molecule has 3 aromatic rings. The van der Waals surface area contributed by atoms with Crippen LogP contribution in [-0.4, -0.2) is 28.8 Å². The molecule has 8 heteroatoms. The Morgan fingerprint density at radius 3 is 2.68 bits per heavy atom. The highest BCUT2D eigenvalue weighted by molar-refractivity contribution is 5.97. The van der Waals surface area contributed by atoms with Crippen LogP contribution in [0.3, 0.4) is 0 Å². The van der Waals surface area contributed by atoms with Crippen molar-refractivity contribution in [1.82, 2.24) is 21.0 Å². The fraction of sp³-hybridized carbons (Fsp3) is 0.0500. The van der Waals surface area contributed by atoms with E-state index in [1.807, 2.05) is 30.3 Å². The van der Waals surface area contributed by atoms with Gasteiger partial charge in [-0.15, -0.1) is 0 Å². The average Bonchev–Trinajstić information content (AvgIpc) is 3.40. The summed E-state index contributed by atoms with van der Waals surface area (Å²) in [6.45, 7) is 0.189. The molecule has 8 nitrogen and oxygen atoms in total. The van der Waals surface area contributed by atoms with Crippen LogP contribution < -0.4 is 20.3 Å². The van der Waals surface area contributed by atoms with Crippen LogP contribution in [0.15, 0.2) is 60.7 Å². The van der Waals surface area contributed by atoms with Gasteiger partial charge >= 0.3 is 0 Å². The molecule has 4 rings (SSSR count). The van der Waals surface area contributed by atoms with E-state index in [4.69, 9.17) is 9.47 Å². The largest absolute Gasteiger partial charge is 0.454 e. The van der Waals surface area contributed by atoms with Gasteiger partial charge < -0.3 is 9.47 Å². The van der Waals surface area contributed by atoms with Gasteiger partial charge in [0.2, 0.25) is 6.79 Å². The highest BCUT2D eigenvalue weighted by atomic mass is 16.7. The second-order valence-corrected chi connectivity index (χ2v) is 5.92. The van der Waals surface area contributed by atoms with Crippen molar-refractivity contribution in [3.8, 4) is 22.8 Å². The van der Waals surface area contributed by atoms with E-state index >= 15 is 0 Å². The molecule has 0 radical (unpaired) electrons. The summed E-state index contributed by atoms with van der Waals surface area (Å²) < 4.78 is 10.5. The predicted molar refractivity (Wildman–Crippen MR) is 101 cm³/mol. The first-order valence-corrected chi connectivity index (χ1v) is 8.48. The minimum Gasteiger partial charge on any atom is -0.454 e. The second-order valence-electron chi connectivity index (χ2n) is 5.92. The molecular formula is C20H16N4O4. The number of benzene rings is 2. The average molecular weight is 376 g/mol. The minimum atomic E-state index is -0.500. The number of fused-ring (bicyclic) bond motifs is 1. The quantitative estimate of drug-likeness (QED) is 0.479. The fourth-order valence-corrected chi connectivity index (χ4v) is 2.61. The van der Waals surface area contributed by atoms with Crippen molar-refractivity contribution in [2.75, 3.05) is 6.79 Å². The van der Waals surface area contributed by atoms with Crippen LogP contribution in [0.1, 0.15) is 16.1 Å². The Bertz CT molecular complexity index is 1040. The molecule has 0 atom stereocenters. The lowest BCUT2D eigenvalue weighted by molar-refractivity contribution is -0.117. The first kappa shape index (κ1) is 17.3. The molecule has 0 aliphatic carbocycles.